The molecule has 0 aliphatic rings. The van der Waals surface area contributed by atoms with E-state index in [4.69, 9.17) is 5.11 Å². The highest BCUT2D eigenvalue weighted by molar-refractivity contribution is 5.92. The summed E-state index contributed by atoms with van der Waals surface area (Å²) in [6.07, 6.45) is 1.52. The van der Waals surface area contributed by atoms with E-state index in [2.05, 4.69) is 5.32 Å². The number of rotatable bonds is 4. The SMILES string of the molecule is O=C(Cn1ccccc1=O)Nc1ccc(C(=O)O)cc1. The molecule has 6 heteroatoms. The molecule has 20 heavy (non-hydrogen) atoms. The topological polar surface area (TPSA) is 88.4 Å². The number of carbonyl (C=O) groups is 2. The Labute approximate surface area is 114 Å². The summed E-state index contributed by atoms with van der Waals surface area (Å²) < 4.78 is 1.28. The summed E-state index contributed by atoms with van der Waals surface area (Å²) >= 11 is 0. The molecule has 0 atom stereocenters. The Bertz CT molecular complexity index is 689. The smallest absolute Gasteiger partial charge is 0.335 e. The van der Waals surface area contributed by atoms with Crippen molar-refractivity contribution in [3.8, 4) is 0 Å². The van der Waals surface area contributed by atoms with Gasteiger partial charge in [0.1, 0.15) is 6.54 Å². The van der Waals surface area contributed by atoms with Crippen LogP contribution in [0, 0.1) is 0 Å². The van der Waals surface area contributed by atoms with Gasteiger partial charge >= 0.3 is 5.97 Å². The van der Waals surface area contributed by atoms with Gasteiger partial charge in [-0.1, -0.05) is 6.07 Å². The molecule has 0 unspecified atom stereocenters. The molecule has 0 spiro atoms. The van der Waals surface area contributed by atoms with Crippen molar-refractivity contribution in [2.45, 2.75) is 6.54 Å². The molecule has 1 amide bonds. The van der Waals surface area contributed by atoms with Crippen molar-refractivity contribution >= 4 is 17.6 Å². The first-order valence-corrected chi connectivity index (χ1v) is 5.85. The van der Waals surface area contributed by atoms with Crippen LogP contribution in [-0.4, -0.2) is 21.6 Å². The van der Waals surface area contributed by atoms with Gasteiger partial charge in [0.05, 0.1) is 5.56 Å². The Morgan fingerprint density at radius 3 is 2.40 bits per heavy atom. The van der Waals surface area contributed by atoms with Crippen LogP contribution in [-0.2, 0) is 11.3 Å². The van der Waals surface area contributed by atoms with Crippen LogP contribution >= 0.6 is 0 Å². The quantitative estimate of drug-likeness (QED) is 0.874. The first-order valence-electron chi connectivity index (χ1n) is 5.85. The van der Waals surface area contributed by atoms with Gasteiger partial charge in [0.15, 0.2) is 0 Å². The fourth-order valence-electron chi connectivity index (χ4n) is 1.64. The predicted molar refractivity (Wildman–Crippen MR) is 72.7 cm³/mol. The summed E-state index contributed by atoms with van der Waals surface area (Å²) in [6, 6.07) is 10.4. The van der Waals surface area contributed by atoms with Gasteiger partial charge in [0.25, 0.3) is 5.56 Å². The molecule has 1 aromatic carbocycles. The summed E-state index contributed by atoms with van der Waals surface area (Å²) in [7, 11) is 0. The van der Waals surface area contributed by atoms with Crippen LogP contribution in [0.2, 0.25) is 0 Å². The zero-order valence-corrected chi connectivity index (χ0v) is 10.4. The Kier molecular flexibility index (Phi) is 3.95. The third-order valence-corrected chi connectivity index (χ3v) is 2.63. The highest BCUT2D eigenvalue weighted by atomic mass is 16.4. The van der Waals surface area contributed by atoms with Gasteiger partial charge in [-0.05, 0) is 30.3 Å². The standard InChI is InChI=1S/C14H12N2O4/c17-12(9-16-8-2-1-3-13(16)18)15-11-6-4-10(5-7-11)14(19)20/h1-8H,9H2,(H,15,17)(H,19,20). The Balaban J connectivity index is 2.03. The van der Waals surface area contributed by atoms with E-state index in [0.29, 0.717) is 5.69 Å². The molecule has 0 aliphatic carbocycles. The van der Waals surface area contributed by atoms with Gasteiger partial charge < -0.3 is 15.0 Å². The van der Waals surface area contributed by atoms with E-state index in [1.165, 1.54) is 41.1 Å². The molecule has 0 aliphatic heterocycles. The number of carboxylic acids is 1. The number of nitrogens with zero attached hydrogens (tertiary/aromatic N) is 1. The van der Waals surface area contributed by atoms with Crippen LogP contribution in [0.3, 0.4) is 0 Å². The Morgan fingerprint density at radius 2 is 1.80 bits per heavy atom. The van der Waals surface area contributed by atoms with Crippen LogP contribution in [0.4, 0.5) is 5.69 Å². The number of benzene rings is 1. The van der Waals surface area contributed by atoms with Crippen LogP contribution in [0.1, 0.15) is 10.4 Å². The summed E-state index contributed by atoms with van der Waals surface area (Å²) in [5.41, 5.74) is 0.357. The predicted octanol–water partition coefficient (Wildman–Crippen LogP) is 1.19. The number of nitrogens with one attached hydrogen (secondary N) is 1. The van der Waals surface area contributed by atoms with Crippen molar-refractivity contribution in [1.82, 2.24) is 4.57 Å². The largest absolute Gasteiger partial charge is 0.478 e. The lowest BCUT2D eigenvalue weighted by Crippen LogP contribution is -2.26. The van der Waals surface area contributed by atoms with E-state index in [0.717, 1.165) is 0 Å². The average Bonchev–Trinajstić information content (AvgIpc) is 2.42. The van der Waals surface area contributed by atoms with Gasteiger partial charge in [0, 0.05) is 18.0 Å². The minimum atomic E-state index is -1.03. The molecule has 2 N–H and O–H groups in total. The fraction of sp³-hybridized carbons (Fsp3) is 0.0714. The minimum Gasteiger partial charge on any atom is -0.478 e. The zero-order chi connectivity index (χ0) is 14.5. The van der Waals surface area contributed by atoms with E-state index in [9.17, 15) is 14.4 Å². The number of pyridine rings is 1. The monoisotopic (exact) mass is 272 g/mol. The second kappa shape index (κ2) is 5.83. The molecule has 0 saturated carbocycles. The van der Waals surface area contributed by atoms with Crippen LogP contribution in [0.5, 0.6) is 0 Å². The average molecular weight is 272 g/mol. The van der Waals surface area contributed by atoms with E-state index >= 15 is 0 Å². The number of hydrogen-bond acceptors (Lipinski definition) is 3. The lowest BCUT2D eigenvalue weighted by molar-refractivity contribution is -0.116. The highest BCUT2D eigenvalue weighted by Gasteiger charge is 2.06. The molecule has 0 radical (unpaired) electrons. The number of anilines is 1. The van der Waals surface area contributed by atoms with E-state index in [1.54, 1.807) is 12.1 Å². The molecule has 0 bridgehead atoms. The first kappa shape index (κ1) is 13.5. The van der Waals surface area contributed by atoms with Crippen molar-refractivity contribution in [2.24, 2.45) is 0 Å². The van der Waals surface area contributed by atoms with E-state index in [-0.39, 0.29) is 23.6 Å². The second-order valence-corrected chi connectivity index (χ2v) is 4.10. The minimum absolute atomic E-state index is 0.0969. The van der Waals surface area contributed by atoms with Gasteiger partial charge in [-0.25, -0.2) is 4.79 Å². The molecule has 2 aromatic rings. The Hall–Kier alpha value is -2.89. The normalized spacial score (nSPS) is 10.0. The van der Waals surface area contributed by atoms with Crippen molar-refractivity contribution < 1.29 is 14.7 Å². The number of carboxylic acid groups (broad SMARTS) is 1. The van der Waals surface area contributed by atoms with Crippen molar-refractivity contribution in [1.29, 1.82) is 0 Å². The van der Waals surface area contributed by atoms with E-state index in [1.807, 2.05) is 0 Å². The van der Waals surface area contributed by atoms with Gasteiger partial charge in [0.2, 0.25) is 5.91 Å². The molecule has 1 heterocycles. The molecule has 0 fully saturated rings. The lowest BCUT2D eigenvalue weighted by atomic mass is 10.2. The van der Waals surface area contributed by atoms with Gasteiger partial charge in [-0.3, -0.25) is 9.59 Å². The van der Waals surface area contributed by atoms with Gasteiger partial charge in [-0.2, -0.15) is 0 Å². The first-order chi connectivity index (χ1) is 9.56. The zero-order valence-electron chi connectivity index (χ0n) is 10.4. The second-order valence-electron chi connectivity index (χ2n) is 4.10. The van der Waals surface area contributed by atoms with Crippen LogP contribution < -0.4 is 10.9 Å². The number of amides is 1. The van der Waals surface area contributed by atoms with Crippen LogP contribution in [0.25, 0.3) is 0 Å². The number of aromatic nitrogens is 1. The molecular formula is C14H12N2O4. The fourth-order valence-corrected chi connectivity index (χ4v) is 1.64. The number of carbonyl (C=O) groups excluding carboxylic acids is 1. The molecule has 1 aromatic heterocycles. The highest BCUT2D eigenvalue weighted by Crippen LogP contribution is 2.09. The summed E-state index contributed by atoms with van der Waals surface area (Å²) in [4.78, 5) is 33.9. The maximum atomic E-state index is 11.8. The van der Waals surface area contributed by atoms with Crippen molar-refractivity contribution in [2.75, 3.05) is 5.32 Å². The summed E-state index contributed by atoms with van der Waals surface area (Å²) in [5.74, 6) is -1.39. The van der Waals surface area contributed by atoms with Crippen molar-refractivity contribution in [3.63, 3.8) is 0 Å². The third kappa shape index (κ3) is 3.32. The van der Waals surface area contributed by atoms with Crippen LogP contribution in [0.15, 0.2) is 53.5 Å². The molecule has 0 saturated heterocycles. The Morgan fingerprint density at radius 1 is 1.10 bits per heavy atom. The number of aromatic carboxylic acids is 1. The maximum absolute atomic E-state index is 11.8. The molecule has 102 valence electrons. The number of hydrogen-bond donors (Lipinski definition) is 2. The maximum Gasteiger partial charge on any atom is 0.335 e. The lowest BCUT2D eigenvalue weighted by Gasteiger charge is -2.07. The molecular weight excluding hydrogens is 260 g/mol. The van der Waals surface area contributed by atoms with Crippen molar-refractivity contribution in [3.05, 3.63) is 64.6 Å². The van der Waals surface area contributed by atoms with Gasteiger partial charge in [-0.15, -0.1) is 0 Å². The molecule has 6 nitrogen and oxygen atoms in total. The van der Waals surface area contributed by atoms with E-state index < -0.39 is 5.97 Å². The third-order valence-electron chi connectivity index (χ3n) is 2.63. The summed E-state index contributed by atoms with van der Waals surface area (Å²) in [6.45, 7) is -0.0969. The summed E-state index contributed by atoms with van der Waals surface area (Å²) in [5, 5.41) is 11.3. The molecule has 2 rings (SSSR count).